The van der Waals surface area contributed by atoms with Crippen molar-refractivity contribution >= 4 is 65.8 Å². The zero-order valence-corrected chi connectivity index (χ0v) is 29.6. The maximum Gasteiger partial charge on any atom is 0.0795 e. The molecule has 0 amide bonds. The fourth-order valence-electron chi connectivity index (χ4n) is 8.62. The van der Waals surface area contributed by atoms with E-state index in [2.05, 4.69) is 167 Å². The molecule has 2 heterocycles. The van der Waals surface area contributed by atoms with Crippen LogP contribution in [0.3, 0.4) is 0 Å². The van der Waals surface area contributed by atoms with Crippen molar-refractivity contribution in [2.75, 3.05) is 5.73 Å². The fraction of sp³-hybridized carbons (Fsp3) is 0.102. The monoisotopic (exact) mass is 671 g/mol. The number of anilines is 1. The summed E-state index contributed by atoms with van der Waals surface area (Å²) in [6, 6.07) is 56.8. The van der Waals surface area contributed by atoms with E-state index in [0.717, 1.165) is 24.2 Å². The van der Waals surface area contributed by atoms with Crippen molar-refractivity contribution in [1.29, 1.82) is 0 Å². The number of nitrogen functional groups attached to an aromatic ring is 1. The number of nitrogens with zero attached hydrogens (tertiary/aromatic N) is 2. The van der Waals surface area contributed by atoms with Crippen LogP contribution in [0.4, 0.5) is 5.69 Å². The maximum absolute atomic E-state index is 6.64. The Morgan fingerprint density at radius 1 is 0.481 bits per heavy atom. The van der Waals surface area contributed by atoms with Crippen molar-refractivity contribution < 1.29 is 0 Å². The number of nitrogens with two attached hydrogens (primary N) is 1. The molecule has 1 aliphatic rings. The number of hydrogen-bond donors (Lipinski definition) is 1. The Balaban J connectivity index is 0.00000177. The van der Waals surface area contributed by atoms with E-state index in [1.54, 1.807) is 0 Å². The third kappa shape index (κ3) is 4.88. The molecule has 2 N–H and O–H groups in total. The lowest BCUT2D eigenvalue weighted by atomic mass is 9.80. The molecular weight excluding hydrogens is 631 g/mol. The summed E-state index contributed by atoms with van der Waals surface area (Å²) in [5, 5.41) is 7.73. The molecular formula is C49H41N3. The van der Waals surface area contributed by atoms with Crippen LogP contribution in [0.5, 0.6) is 0 Å². The molecule has 0 bridgehead atoms. The van der Waals surface area contributed by atoms with E-state index in [9.17, 15) is 0 Å². The predicted octanol–water partition coefficient (Wildman–Crippen LogP) is 13.0. The molecule has 0 aliphatic heterocycles. The normalized spacial score (nSPS) is 13.7. The van der Waals surface area contributed by atoms with Gasteiger partial charge < -0.3 is 14.9 Å². The molecule has 0 radical (unpaired) electrons. The van der Waals surface area contributed by atoms with E-state index in [1.165, 1.54) is 76.8 Å². The van der Waals surface area contributed by atoms with Crippen LogP contribution in [0.25, 0.3) is 65.8 Å². The molecule has 252 valence electrons. The van der Waals surface area contributed by atoms with Gasteiger partial charge in [-0.15, -0.1) is 0 Å². The summed E-state index contributed by atoms with van der Waals surface area (Å²) in [4.78, 5) is 0. The zero-order valence-electron chi connectivity index (χ0n) is 29.6. The number of hydrogen-bond acceptors (Lipinski definition) is 1. The van der Waals surface area contributed by atoms with E-state index in [1.807, 2.05) is 26.0 Å². The largest absolute Gasteiger partial charge is 0.398 e. The van der Waals surface area contributed by atoms with Crippen LogP contribution in [0.1, 0.15) is 43.7 Å². The summed E-state index contributed by atoms with van der Waals surface area (Å²) >= 11 is 0. The summed E-state index contributed by atoms with van der Waals surface area (Å²) in [7, 11) is 0. The van der Waals surface area contributed by atoms with Crippen LogP contribution in [0.2, 0.25) is 0 Å². The molecule has 0 fully saturated rings. The third-order valence-corrected chi connectivity index (χ3v) is 10.7. The molecule has 0 saturated heterocycles. The van der Waals surface area contributed by atoms with Crippen LogP contribution in [0, 0.1) is 0 Å². The first-order valence-corrected chi connectivity index (χ1v) is 18.5. The summed E-state index contributed by atoms with van der Waals surface area (Å²) in [6.45, 7) is 4.00. The molecule has 10 rings (SSSR count). The Hall–Kier alpha value is -6.32. The molecule has 7 aromatic carbocycles. The summed E-state index contributed by atoms with van der Waals surface area (Å²) < 4.78 is 5.06. The summed E-state index contributed by atoms with van der Waals surface area (Å²) in [5.41, 5.74) is 18.7. The zero-order chi connectivity index (χ0) is 35.2. The van der Waals surface area contributed by atoms with Crippen molar-refractivity contribution in [3.8, 4) is 5.69 Å². The highest BCUT2D eigenvalue weighted by molar-refractivity contribution is 6.36. The van der Waals surface area contributed by atoms with E-state index < -0.39 is 0 Å². The molecule has 1 atom stereocenters. The summed E-state index contributed by atoms with van der Waals surface area (Å²) in [5.74, 6) is 0.101. The van der Waals surface area contributed by atoms with Gasteiger partial charge in [0.2, 0.25) is 0 Å². The van der Waals surface area contributed by atoms with Crippen molar-refractivity contribution in [3.63, 3.8) is 0 Å². The van der Waals surface area contributed by atoms with E-state index in [4.69, 9.17) is 5.73 Å². The molecule has 2 aromatic heterocycles. The molecule has 3 nitrogen and oxygen atoms in total. The minimum atomic E-state index is 0.101. The number of para-hydroxylation sites is 4. The lowest BCUT2D eigenvalue weighted by Gasteiger charge is -2.26. The second kappa shape index (κ2) is 13.1. The van der Waals surface area contributed by atoms with Crippen LogP contribution in [-0.4, -0.2) is 9.13 Å². The first-order chi connectivity index (χ1) is 25.8. The molecule has 52 heavy (non-hydrogen) atoms. The first kappa shape index (κ1) is 31.6. The van der Waals surface area contributed by atoms with Gasteiger partial charge in [-0.1, -0.05) is 153 Å². The fourth-order valence-corrected chi connectivity index (χ4v) is 8.62. The average molecular weight is 672 g/mol. The first-order valence-electron chi connectivity index (χ1n) is 18.5. The topological polar surface area (TPSA) is 35.9 Å². The van der Waals surface area contributed by atoms with Crippen molar-refractivity contribution in [2.45, 2.75) is 32.6 Å². The lowest BCUT2D eigenvalue weighted by molar-refractivity contribution is 0.824. The molecule has 0 saturated carbocycles. The minimum absolute atomic E-state index is 0.101. The van der Waals surface area contributed by atoms with Gasteiger partial charge >= 0.3 is 0 Å². The molecule has 0 spiro atoms. The van der Waals surface area contributed by atoms with Crippen LogP contribution < -0.4 is 5.73 Å². The molecule has 3 heteroatoms. The Bertz CT molecular complexity index is 2810. The number of allylic oxidation sites excluding steroid dienone is 4. The van der Waals surface area contributed by atoms with Crippen molar-refractivity contribution in [3.05, 3.63) is 187 Å². The van der Waals surface area contributed by atoms with E-state index in [0.29, 0.717) is 0 Å². The third-order valence-electron chi connectivity index (χ3n) is 10.7. The van der Waals surface area contributed by atoms with E-state index >= 15 is 0 Å². The summed E-state index contributed by atoms with van der Waals surface area (Å²) in [6.07, 6.45) is 6.59. The van der Waals surface area contributed by atoms with Crippen LogP contribution in [0.15, 0.2) is 175 Å². The highest BCUT2D eigenvalue weighted by Gasteiger charge is 2.27. The van der Waals surface area contributed by atoms with Gasteiger partial charge in [0.05, 0.1) is 22.1 Å². The van der Waals surface area contributed by atoms with Crippen LogP contribution in [-0.2, 0) is 0 Å². The quantitative estimate of drug-likeness (QED) is 0.182. The highest BCUT2D eigenvalue weighted by Crippen LogP contribution is 2.48. The smallest absolute Gasteiger partial charge is 0.0795 e. The van der Waals surface area contributed by atoms with Gasteiger partial charge in [-0.25, -0.2) is 0 Å². The van der Waals surface area contributed by atoms with Gasteiger partial charge in [0.25, 0.3) is 0 Å². The number of rotatable bonds is 5. The number of benzene rings is 7. The predicted molar refractivity (Wildman–Crippen MR) is 223 cm³/mol. The van der Waals surface area contributed by atoms with Gasteiger partial charge in [-0.05, 0) is 71.1 Å². The van der Waals surface area contributed by atoms with Gasteiger partial charge in [0.15, 0.2) is 0 Å². The van der Waals surface area contributed by atoms with Gasteiger partial charge in [-0.2, -0.15) is 0 Å². The number of fused-ring (bicyclic) bond motifs is 10. The van der Waals surface area contributed by atoms with Crippen molar-refractivity contribution in [1.82, 2.24) is 9.13 Å². The Morgan fingerprint density at radius 3 is 1.58 bits per heavy atom. The standard InChI is InChI=1S/C47H35N3.C2H6/c48-40-24-12-9-21-37(40)43(31-15-3-1-4-16-31)32-27-29-34(30-28-32)50-42-26-14-11-23-39(42)45-36-20-8-7-19-35(36)44-38-22-10-13-25-41(38)49(46(44)47(45)50)33-17-5-2-6-18-33;1-2/h1-27,29,43H,28,30,48H2;1-2H3. The molecule has 9 aromatic rings. The Labute approximate surface area is 304 Å². The number of aromatic nitrogens is 2. The van der Waals surface area contributed by atoms with Crippen molar-refractivity contribution in [2.24, 2.45) is 0 Å². The van der Waals surface area contributed by atoms with Crippen LogP contribution >= 0.6 is 0 Å². The Morgan fingerprint density at radius 2 is 0.981 bits per heavy atom. The maximum atomic E-state index is 6.64. The average Bonchev–Trinajstić information content (AvgIpc) is 3.75. The van der Waals surface area contributed by atoms with Gasteiger partial charge in [0, 0.05) is 44.5 Å². The highest BCUT2D eigenvalue weighted by atomic mass is 15.0. The Kier molecular flexibility index (Phi) is 7.97. The second-order valence-corrected chi connectivity index (χ2v) is 13.4. The second-order valence-electron chi connectivity index (χ2n) is 13.4. The van der Waals surface area contributed by atoms with E-state index in [-0.39, 0.29) is 5.92 Å². The minimum Gasteiger partial charge on any atom is -0.398 e. The van der Waals surface area contributed by atoms with Gasteiger partial charge in [0.1, 0.15) is 0 Å². The molecule has 1 unspecified atom stereocenters. The molecule has 1 aliphatic carbocycles. The van der Waals surface area contributed by atoms with Gasteiger partial charge in [-0.3, -0.25) is 0 Å². The SMILES string of the molecule is CC.Nc1ccccc1C(C1=CC=C(n2c3ccccc3c3c4ccccc4c4c5ccccc5n(-c5ccccc5)c4c32)CC1)c1ccccc1. The lowest BCUT2D eigenvalue weighted by Crippen LogP contribution is -2.11.